The Morgan fingerprint density at radius 1 is 1.43 bits per heavy atom. The highest BCUT2D eigenvalue weighted by Crippen LogP contribution is 2.27. The minimum absolute atomic E-state index is 0.0845. The average Bonchev–Trinajstić information content (AvgIpc) is 2.79. The summed E-state index contributed by atoms with van der Waals surface area (Å²) in [5.74, 6) is 0.943. The van der Waals surface area contributed by atoms with E-state index in [0.717, 1.165) is 11.3 Å². The van der Waals surface area contributed by atoms with Gasteiger partial charge in [0.1, 0.15) is 11.9 Å². The first-order valence-corrected chi connectivity index (χ1v) is 7.19. The van der Waals surface area contributed by atoms with Gasteiger partial charge in [-0.2, -0.15) is 0 Å². The third kappa shape index (κ3) is 3.36. The monoisotopic (exact) mass is 291 g/mol. The summed E-state index contributed by atoms with van der Waals surface area (Å²) in [6, 6.07) is 7.86. The van der Waals surface area contributed by atoms with Gasteiger partial charge in [-0.3, -0.25) is 10.1 Å². The van der Waals surface area contributed by atoms with Crippen LogP contribution in [-0.4, -0.2) is 55.5 Å². The summed E-state index contributed by atoms with van der Waals surface area (Å²) in [6.07, 6.45) is -0.0909. The normalized spacial score (nSPS) is 19.4. The van der Waals surface area contributed by atoms with Gasteiger partial charge < -0.3 is 14.5 Å². The van der Waals surface area contributed by atoms with Gasteiger partial charge in [0.2, 0.25) is 5.91 Å². The van der Waals surface area contributed by atoms with E-state index in [1.54, 1.807) is 7.11 Å². The Morgan fingerprint density at radius 2 is 2.14 bits per heavy atom. The number of ether oxygens (including phenoxy) is 1. The van der Waals surface area contributed by atoms with Crippen LogP contribution < -0.4 is 10.1 Å². The molecule has 1 unspecified atom stereocenters. The number of nitrogens with one attached hydrogen (secondary N) is 1. The molecule has 21 heavy (non-hydrogen) atoms. The molecular formula is C16H25N3O2. The molecule has 0 aliphatic carbocycles. The van der Waals surface area contributed by atoms with Gasteiger partial charge >= 0.3 is 0 Å². The third-order valence-electron chi connectivity index (χ3n) is 4.26. The predicted molar refractivity (Wildman–Crippen MR) is 83.2 cm³/mol. The Hall–Kier alpha value is -1.59. The van der Waals surface area contributed by atoms with Crippen molar-refractivity contribution >= 4 is 5.91 Å². The molecule has 5 heteroatoms. The Bertz CT molecular complexity index is 514. The van der Waals surface area contributed by atoms with Crippen molar-refractivity contribution in [2.45, 2.75) is 25.6 Å². The summed E-state index contributed by atoms with van der Waals surface area (Å²) < 4.78 is 5.28. The highest BCUT2D eigenvalue weighted by atomic mass is 16.5. The second kappa shape index (κ2) is 6.03. The Labute approximate surface area is 126 Å². The van der Waals surface area contributed by atoms with E-state index in [2.05, 4.69) is 24.1 Å². The molecule has 0 aromatic heterocycles. The molecule has 0 radical (unpaired) electrons. The molecule has 1 N–H and O–H groups in total. The maximum absolute atomic E-state index is 12.2. The number of benzene rings is 1. The standard InChI is InChI=1S/C16H25N3O2/c1-16(2,18(3)4)11-19-14(20)10-17-15(19)12-7-6-8-13(9-12)21-5/h6-9,15,17H,10-11H2,1-5H3. The zero-order valence-electron chi connectivity index (χ0n) is 13.5. The summed E-state index contributed by atoms with van der Waals surface area (Å²) in [5.41, 5.74) is 0.966. The van der Waals surface area contributed by atoms with Crippen LogP contribution in [0.15, 0.2) is 24.3 Å². The van der Waals surface area contributed by atoms with E-state index in [1.165, 1.54) is 0 Å². The fraction of sp³-hybridized carbons (Fsp3) is 0.562. The van der Waals surface area contributed by atoms with Crippen molar-refractivity contribution in [3.05, 3.63) is 29.8 Å². The number of hydrogen-bond acceptors (Lipinski definition) is 4. The van der Waals surface area contributed by atoms with Crippen molar-refractivity contribution in [2.75, 3.05) is 34.3 Å². The molecule has 0 bridgehead atoms. The first-order chi connectivity index (χ1) is 9.85. The molecule has 5 nitrogen and oxygen atoms in total. The van der Waals surface area contributed by atoms with E-state index < -0.39 is 0 Å². The summed E-state index contributed by atoms with van der Waals surface area (Å²) in [7, 11) is 5.72. The van der Waals surface area contributed by atoms with E-state index >= 15 is 0 Å². The minimum Gasteiger partial charge on any atom is -0.497 e. The predicted octanol–water partition coefficient (Wildman–Crippen LogP) is 1.47. The van der Waals surface area contributed by atoms with Gasteiger partial charge in [-0.15, -0.1) is 0 Å². The lowest BCUT2D eigenvalue weighted by atomic mass is 10.0. The van der Waals surface area contributed by atoms with Crippen LogP contribution in [0.25, 0.3) is 0 Å². The fourth-order valence-electron chi connectivity index (χ4n) is 2.39. The molecule has 2 rings (SSSR count). The number of hydrogen-bond donors (Lipinski definition) is 1. The molecule has 1 aromatic carbocycles. The fourth-order valence-corrected chi connectivity index (χ4v) is 2.39. The highest BCUT2D eigenvalue weighted by Gasteiger charge is 2.36. The van der Waals surface area contributed by atoms with Crippen LogP contribution in [0.1, 0.15) is 25.6 Å². The minimum atomic E-state index is -0.0909. The second-order valence-electron chi connectivity index (χ2n) is 6.29. The van der Waals surface area contributed by atoms with Crippen LogP contribution >= 0.6 is 0 Å². The van der Waals surface area contributed by atoms with Crippen LogP contribution in [0.3, 0.4) is 0 Å². The van der Waals surface area contributed by atoms with Gasteiger partial charge in [-0.1, -0.05) is 12.1 Å². The van der Waals surface area contributed by atoms with Crippen LogP contribution in [0.4, 0.5) is 0 Å². The first kappa shape index (κ1) is 15.8. The topological polar surface area (TPSA) is 44.8 Å². The molecule has 1 atom stereocenters. The number of carbonyl (C=O) groups excluding carboxylic acids is 1. The molecule has 0 saturated carbocycles. The number of likely N-dealkylation sites (N-methyl/N-ethyl adjacent to an activating group) is 1. The van der Waals surface area contributed by atoms with E-state index in [9.17, 15) is 4.79 Å². The molecule has 0 spiro atoms. The Kier molecular flexibility index (Phi) is 4.54. The molecule has 1 aliphatic heterocycles. The number of rotatable bonds is 5. The van der Waals surface area contributed by atoms with Gasteiger partial charge in [-0.25, -0.2) is 0 Å². The van der Waals surface area contributed by atoms with Crippen molar-refractivity contribution in [3.63, 3.8) is 0 Å². The first-order valence-electron chi connectivity index (χ1n) is 7.19. The third-order valence-corrected chi connectivity index (χ3v) is 4.26. The number of amides is 1. The van der Waals surface area contributed by atoms with Crippen molar-refractivity contribution in [1.82, 2.24) is 15.1 Å². The van der Waals surface area contributed by atoms with Crippen molar-refractivity contribution < 1.29 is 9.53 Å². The van der Waals surface area contributed by atoms with Gasteiger partial charge in [-0.05, 0) is 45.6 Å². The largest absolute Gasteiger partial charge is 0.497 e. The zero-order valence-corrected chi connectivity index (χ0v) is 13.5. The lowest BCUT2D eigenvalue weighted by Crippen LogP contribution is -2.49. The van der Waals surface area contributed by atoms with E-state index in [1.807, 2.05) is 43.3 Å². The zero-order chi connectivity index (χ0) is 15.6. The molecule has 1 heterocycles. The number of carbonyl (C=O) groups is 1. The molecule has 1 amide bonds. The summed E-state index contributed by atoms with van der Waals surface area (Å²) in [4.78, 5) is 16.3. The maximum atomic E-state index is 12.2. The summed E-state index contributed by atoms with van der Waals surface area (Å²) in [5, 5.41) is 3.29. The van der Waals surface area contributed by atoms with Crippen LogP contribution in [0.2, 0.25) is 0 Å². The van der Waals surface area contributed by atoms with E-state index in [0.29, 0.717) is 13.1 Å². The van der Waals surface area contributed by atoms with Crippen LogP contribution in [-0.2, 0) is 4.79 Å². The smallest absolute Gasteiger partial charge is 0.238 e. The van der Waals surface area contributed by atoms with Crippen LogP contribution in [0, 0.1) is 0 Å². The van der Waals surface area contributed by atoms with Crippen molar-refractivity contribution in [1.29, 1.82) is 0 Å². The van der Waals surface area contributed by atoms with Gasteiger partial charge in [0.15, 0.2) is 0 Å². The molecule has 1 saturated heterocycles. The molecular weight excluding hydrogens is 266 g/mol. The molecule has 116 valence electrons. The number of methoxy groups -OCH3 is 1. The van der Waals surface area contributed by atoms with Gasteiger partial charge in [0.25, 0.3) is 0 Å². The lowest BCUT2D eigenvalue weighted by Gasteiger charge is -2.38. The van der Waals surface area contributed by atoms with Crippen molar-refractivity contribution in [3.8, 4) is 5.75 Å². The molecule has 1 aliphatic rings. The maximum Gasteiger partial charge on any atom is 0.238 e. The van der Waals surface area contributed by atoms with Gasteiger partial charge in [0, 0.05) is 12.1 Å². The SMILES string of the molecule is COc1cccc(C2NCC(=O)N2CC(C)(C)N(C)C)c1. The van der Waals surface area contributed by atoms with Crippen molar-refractivity contribution in [2.24, 2.45) is 0 Å². The summed E-state index contributed by atoms with van der Waals surface area (Å²) in [6.45, 7) is 5.33. The highest BCUT2D eigenvalue weighted by molar-refractivity contribution is 5.81. The van der Waals surface area contributed by atoms with E-state index in [4.69, 9.17) is 4.74 Å². The molecule has 1 fully saturated rings. The average molecular weight is 291 g/mol. The summed E-state index contributed by atoms with van der Waals surface area (Å²) >= 11 is 0. The van der Waals surface area contributed by atoms with Crippen LogP contribution in [0.5, 0.6) is 5.75 Å². The number of nitrogens with zero attached hydrogens (tertiary/aromatic N) is 2. The van der Waals surface area contributed by atoms with Gasteiger partial charge in [0.05, 0.1) is 13.7 Å². The second-order valence-corrected chi connectivity index (χ2v) is 6.29. The van der Waals surface area contributed by atoms with E-state index in [-0.39, 0.29) is 17.6 Å². The Balaban J connectivity index is 2.24. The Morgan fingerprint density at radius 3 is 2.76 bits per heavy atom. The lowest BCUT2D eigenvalue weighted by molar-refractivity contribution is -0.129. The molecule has 1 aromatic rings. The quantitative estimate of drug-likeness (QED) is 0.892.